The molecule has 7 heteroatoms. The first kappa shape index (κ1) is 21.7. The van der Waals surface area contributed by atoms with Gasteiger partial charge >= 0.3 is 0 Å². The van der Waals surface area contributed by atoms with Crippen molar-refractivity contribution in [2.45, 2.75) is 6.92 Å². The van der Waals surface area contributed by atoms with E-state index < -0.39 is 0 Å². The van der Waals surface area contributed by atoms with Crippen molar-refractivity contribution in [1.82, 2.24) is 15.2 Å². The molecule has 0 aliphatic rings. The van der Waals surface area contributed by atoms with Gasteiger partial charge in [0.25, 0.3) is 5.91 Å². The Morgan fingerprint density at radius 1 is 0.935 bits per heavy atom. The van der Waals surface area contributed by atoms with Crippen molar-refractivity contribution < 1.29 is 14.4 Å². The Morgan fingerprint density at radius 2 is 1.61 bits per heavy atom. The highest BCUT2D eigenvalue weighted by molar-refractivity contribution is 5.98. The van der Waals surface area contributed by atoms with Crippen molar-refractivity contribution in [2.75, 3.05) is 25.5 Å². The van der Waals surface area contributed by atoms with Crippen LogP contribution in [0.1, 0.15) is 15.9 Å². The van der Waals surface area contributed by atoms with E-state index in [0.29, 0.717) is 11.4 Å². The standard InChI is InChI=1S/C24H24N4O3/c1-17-12-13-25-21(14-17)27-22(29)16-28(2)23(30)15-26-24(31)20-10-8-19(9-11-20)18-6-4-3-5-7-18/h3-14H,15-16H2,1-2H3,(H,26,31)(H,25,27,29). The van der Waals surface area contributed by atoms with E-state index in [0.717, 1.165) is 16.7 Å². The fraction of sp³-hybridized carbons (Fsp3) is 0.167. The van der Waals surface area contributed by atoms with E-state index in [1.54, 1.807) is 24.4 Å². The second-order valence-electron chi connectivity index (χ2n) is 7.14. The molecule has 0 spiro atoms. The van der Waals surface area contributed by atoms with Crippen molar-refractivity contribution in [3.05, 3.63) is 84.1 Å². The summed E-state index contributed by atoms with van der Waals surface area (Å²) in [5, 5.41) is 5.24. The summed E-state index contributed by atoms with van der Waals surface area (Å²) in [6.45, 7) is 1.55. The van der Waals surface area contributed by atoms with Crippen LogP contribution in [0.5, 0.6) is 0 Å². The average Bonchev–Trinajstić information content (AvgIpc) is 2.77. The Balaban J connectivity index is 1.48. The molecule has 2 N–H and O–H groups in total. The summed E-state index contributed by atoms with van der Waals surface area (Å²) >= 11 is 0. The molecule has 0 saturated carbocycles. The number of pyridine rings is 1. The molecule has 3 aromatic rings. The van der Waals surface area contributed by atoms with Gasteiger partial charge in [-0.2, -0.15) is 0 Å². The molecule has 0 radical (unpaired) electrons. The van der Waals surface area contributed by atoms with E-state index in [4.69, 9.17) is 0 Å². The number of nitrogens with zero attached hydrogens (tertiary/aromatic N) is 2. The van der Waals surface area contributed by atoms with Gasteiger partial charge in [0, 0.05) is 18.8 Å². The summed E-state index contributed by atoms with van der Waals surface area (Å²) in [6.07, 6.45) is 1.60. The molecule has 0 aliphatic carbocycles. The van der Waals surface area contributed by atoms with Gasteiger partial charge in [-0.3, -0.25) is 14.4 Å². The van der Waals surface area contributed by atoms with Gasteiger partial charge in [-0.25, -0.2) is 4.98 Å². The van der Waals surface area contributed by atoms with E-state index in [1.807, 2.05) is 55.5 Å². The highest BCUT2D eigenvalue weighted by Gasteiger charge is 2.15. The van der Waals surface area contributed by atoms with Crippen molar-refractivity contribution in [1.29, 1.82) is 0 Å². The Bertz CT molecular complexity index is 1070. The van der Waals surface area contributed by atoms with Crippen molar-refractivity contribution in [2.24, 2.45) is 0 Å². The first-order valence-electron chi connectivity index (χ1n) is 9.82. The maximum atomic E-state index is 12.3. The number of aryl methyl sites for hydroxylation is 1. The summed E-state index contributed by atoms with van der Waals surface area (Å²) in [7, 11) is 1.51. The molecule has 0 unspecified atom stereocenters. The molecule has 0 saturated heterocycles. The number of likely N-dealkylation sites (N-methyl/N-ethyl adjacent to an activating group) is 1. The van der Waals surface area contributed by atoms with Crippen LogP contribution in [0, 0.1) is 6.92 Å². The zero-order valence-electron chi connectivity index (χ0n) is 17.5. The fourth-order valence-electron chi connectivity index (χ4n) is 2.93. The first-order valence-corrected chi connectivity index (χ1v) is 9.82. The lowest BCUT2D eigenvalue weighted by molar-refractivity contribution is -0.132. The van der Waals surface area contributed by atoms with Gasteiger partial charge in [0.1, 0.15) is 5.82 Å². The van der Waals surface area contributed by atoms with Crippen LogP contribution in [0.25, 0.3) is 11.1 Å². The van der Waals surface area contributed by atoms with Gasteiger partial charge in [-0.15, -0.1) is 0 Å². The molecular weight excluding hydrogens is 392 g/mol. The molecule has 0 bridgehead atoms. The topological polar surface area (TPSA) is 91.4 Å². The molecule has 158 valence electrons. The second-order valence-corrected chi connectivity index (χ2v) is 7.14. The summed E-state index contributed by atoms with van der Waals surface area (Å²) in [4.78, 5) is 42.0. The van der Waals surface area contributed by atoms with Gasteiger partial charge in [0.15, 0.2) is 0 Å². The molecule has 31 heavy (non-hydrogen) atoms. The second kappa shape index (κ2) is 10.2. The van der Waals surface area contributed by atoms with E-state index >= 15 is 0 Å². The third-order valence-corrected chi connectivity index (χ3v) is 4.64. The summed E-state index contributed by atoms with van der Waals surface area (Å²) < 4.78 is 0. The zero-order chi connectivity index (χ0) is 22.2. The predicted octanol–water partition coefficient (Wildman–Crippen LogP) is 2.88. The van der Waals surface area contributed by atoms with Crippen LogP contribution in [0.15, 0.2) is 72.9 Å². The number of hydrogen-bond donors (Lipinski definition) is 2. The Hall–Kier alpha value is -4.00. The van der Waals surface area contributed by atoms with Crippen molar-refractivity contribution >= 4 is 23.5 Å². The predicted molar refractivity (Wildman–Crippen MR) is 119 cm³/mol. The van der Waals surface area contributed by atoms with Crippen LogP contribution >= 0.6 is 0 Å². The van der Waals surface area contributed by atoms with Gasteiger partial charge in [0.2, 0.25) is 11.8 Å². The normalized spacial score (nSPS) is 10.3. The molecule has 7 nitrogen and oxygen atoms in total. The number of benzene rings is 2. The number of anilines is 1. The van der Waals surface area contributed by atoms with E-state index in [9.17, 15) is 14.4 Å². The Labute approximate surface area is 181 Å². The summed E-state index contributed by atoms with van der Waals surface area (Å²) in [5.74, 6) is -0.661. The molecule has 0 aliphatic heterocycles. The van der Waals surface area contributed by atoms with Crippen molar-refractivity contribution in [3.63, 3.8) is 0 Å². The highest BCUT2D eigenvalue weighted by atomic mass is 16.2. The molecule has 0 atom stereocenters. The first-order chi connectivity index (χ1) is 14.9. The van der Waals surface area contributed by atoms with Gasteiger partial charge < -0.3 is 15.5 Å². The van der Waals surface area contributed by atoms with E-state index in [-0.39, 0.29) is 30.8 Å². The monoisotopic (exact) mass is 416 g/mol. The lowest BCUT2D eigenvalue weighted by Crippen LogP contribution is -2.41. The van der Waals surface area contributed by atoms with E-state index in [1.165, 1.54) is 11.9 Å². The van der Waals surface area contributed by atoms with Crippen LogP contribution in [-0.4, -0.2) is 47.7 Å². The lowest BCUT2D eigenvalue weighted by atomic mass is 10.0. The number of carbonyl (C=O) groups excluding carboxylic acids is 3. The van der Waals surface area contributed by atoms with Crippen LogP contribution in [-0.2, 0) is 9.59 Å². The molecule has 1 aromatic heterocycles. The van der Waals surface area contributed by atoms with Gasteiger partial charge in [-0.05, 0) is 47.9 Å². The smallest absolute Gasteiger partial charge is 0.251 e. The van der Waals surface area contributed by atoms with Crippen LogP contribution in [0.4, 0.5) is 5.82 Å². The number of carbonyl (C=O) groups is 3. The highest BCUT2D eigenvalue weighted by Crippen LogP contribution is 2.19. The minimum absolute atomic E-state index is 0.143. The number of hydrogen-bond acceptors (Lipinski definition) is 4. The maximum Gasteiger partial charge on any atom is 0.251 e. The molecule has 0 fully saturated rings. The van der Waals surface area contributed by atoms with Crippen LogP contribution in [0.3, 0.4) is 0 Å². The molecular formula is C24H24N4O3. The minimum atomic E-state index is -0.374. The lowest BCUT2D eigenvalue weighted by Gasteiger charge is -2.17. The maximum absolute atomic E-state index is 12.3. The zero-order valence-corrected chi connectivity index (χ0v) is 17.5. The Kier molecular flexibility index (Phi) is 7.11. The number of amides is 3. The molecule has 3 rings (SSSR count). The number of aromatic nitrogens is 1. The average molecular weight is 416 g/mol. The number of rotatable bonds is 7. The minimum Gasteiger partial charge on any atom is -0.343 e. The van der Waals surface area contributed by atoms with Crippen molar-refractivity contribution in [3.8, 4) is 11.1 Å². The SMILES string of the molecule is Cc1ccnc(NC(=O)CN(C)C(=O)CNC(=O)c2ccc(-c3ccccc3)cc2)c1. The summed E-state index contributed by atoms with van der Waals surface area (Å²) in [6, 6.07) is 20.6. The molecule has 1 heterocycles. The third-order valence-electron chi connectivity index (χ3n) is 4.64. The van der Waals surface area contributed by atoms with Crippen LogP contribution in [0.2, 0.25) is 0 Å². The van der Waals surface area contributed by atoms with Gasteiger partial charge in [0.05, 0.1) is 13.1 Å². The van der Waals surface area contributed by atoms with Gasteiger partial charge in [-0.1, -0.05) is 42.5 Å². The molecule has 2 aromatic carbocycles. The van der Waals surface area contributed by atoms with Crippen LogP contribution < -0.4 is 10.6 Å². The Morgan fingerprint density at radius 3 is 2.29 bits per heavy atom. The van der Waals surface area contributed by atoms with E-state index in [2.05, 4.69) is 15.6 Å². The quantitative estimate of drug-likeness (QED) is 0.620. The largest absolute Gasteiger partial charge is 0.343 e. The summed E-state index contributed by atoms with van der Waals surface area (Å²) in [5.41, 5.74) is 3.49. The molecule has 3 amide bonds. The number of nitrogens with one attached hydrogen (secondary N) is 2. The fourth-order valence-corrected chi connectivity index (χ4v) is 2.93. The third kappa shape index (κ3) is 6.24.